The van der Waals surface area contributed by atoms with Crippen molar-refractivity contribution in [3.63, 3.8) is 0 Å². The number of fused-ring (bicyclic) bond motifs is 1. The molecule has 1 aromatic rings. The van der Waals surface area contributed by atoms with E-state index in [2.05, 4.69) is 29.6 Å². The molecule has 0 aliphatic heterocycles. The Labute approximate surface area is 127 Å². The molecule has 3 heteroatoms. The zero-order chi connectivity index (χ0) is 14.7. The molecule has 3 unspecified atom stereocenters. The summed E-state index contributed by atoms with van der Waals surface area (Å²) in [5, 5.41) is 3.16. The Morgan fingerprint density at radius 3 is 2.71 bits per heavy atom. The molecular weight excluding hydrogens is 260 g/mol. The lowest BCUT2D eigenvalue weighted by molar-refractivity contribution is -0.125. The predicted molar refractivity (Wildman–Crippen MR) is 84.9 cm³/mol. The number of benzene rings is 1. The van der Waals surface area contributed by atoms with Gasteiger partial charge in [0.1, 0.15) is 0 Å². The molecule has 0 spiro atoms. The van der Waals surface area contributed by atoms with Crippen LogP contribution in [-0.2, 0) is 17.6 Å². The van der Waals surface area contributed by atoms with Crippen LogP contribution in [0.4, 0.5) is 0 Å². The third kappa shape index (κ3) is 3.46. The predicted octanol–water partition coefficient (Wildman–Crippen LogP) is 2.43. The van der Waals surface area contributed by atoms with Crippen molar-refractivity contribution in [3.8, 4) is 0 Å². The zero-order valence-corrected chi connectivity index (χ0v) is 12.7. The number of hydrogen-bond acceptors (Lipinski definition) is 2. The number of hydrogen-bond donors (Lipinski definition) is 2. The van der Waals surface area contributed by atoms with Crippen LogP contribution in [0.5, 0.6) is 0 Å². The molecule has 1 amide bonds. The van der Waals surface area contributed by atoms with Crippen molar-refractivity contribution in [3.05, 3.63) is 35.4 Å². The van der Waals surface area contributed by atoms with E-state index in [1.165, 1.54) is 24.0 Å². The van der Waals surface area contributed by atoms with Crippen LogP contribution in [0.1, 0.15) is 43.2 Å². The quantitative estimate of drug-likeness (QED) is 0.896. The van der Waals surface area contributed by atoms with E-state index in [-0.39, 0.29) is 17.9 Å². The summed E-state index contributed by atoms with van der Waals surface area (Å²) in [6.07, 6.45) is 7.65. The van der Waals surface area contributed by atoms with E-state index < -0.39 is 0 Å². The molecule has 0 bridgehead atoms. The molecule has 3 nitrogen and oxygen atoms in total. The Hall–Kier alpha value is -1.35. The van der Waals surface area contributed by atoms with Crippen LogP contribution in [-0.4, -0.2) is 18.5 Å². The van der Waals surface area contributed by atoms with Gasteiger partial charge in [0, 0.05) is 18.5 Å². The molecule has 0 heterocycles. The second-order valence-corrected chi connectivity index (χ2v) is 6.66. The Balaban J connectivity index is 1.52. The fourth-order valence-electron chi connectivity index (χ4n) is 3.79. The van der Waals surface area contributed by atoms with Crippen LogP contribution in [0.25, 0.3) is 0 Å². The van der Waals surface area contributed by atoms with Crippen molar-refractivity contribution in [1.82, 2.24) is 5.32 Å². The Bertz CT molecular complexity index is 500. The number of nitrogens with two attached hydrogens (primary N) is 1. The summed E-state index contributed by atoms with van der Waals surface area (Å²) in [6, 6.07) is 8.77. The number of carbonyl (C=O) groups is 1. The summed E-state index contributed by atoms with van der Waals surface area (Å²) in [6.45, 7) is 0.762. The van der Waals surface area contributed by atoms with Crippen molar-refractivity contribution in [2.24, 2.45) is 17.6 Å². The molecule has 2 aliphatic carbocycles. The molecule has 21 heavy (non-hydrogen) atoms. The lowest BCUT2D eigenvalue weighted by Crippen LogP contribution is -2.43. The zero-order valence-electron chi connectivity index (χ0n) is 12.7. The molecule has 3 rings (SSSR count). The van der Waals surface area contributed by atoms with Crippen LogP contribution in [0.3, 0.4) is 0 Å². The number of rotatable bonds is 3. The Morgan fingerprint density at radius 1 is 1.14 bits per heavy atom. The molecular formula is C18H26N2O. The van der Waals surface area contributed by atoms with E-state index >= 15 is 0 Å². The topological polar surface area (TPSA) is 55.1 Å². The van der Waals surface area contributed by atoms with Gasteiger partial charge in [-0.15, -0.1) is 0 Å². The first-order valence-corrected chi connectivity index (χ1v) is 8.34. The highest BCUT2D eigenvalue weighted by atomic mass is 16.1. The van der Waals surface area contributed by atoms with Crippen molar-refractivity contribution >= 4 is 5.91 Å². The monoisotopic (exact) mass is 286 g/mol. The van der Waals surface area contributed by atoms with Gasteiger partial charge in [-0.25, -0.2) is 0 Å². The van der Waals surface area contributed by atoms with Gasteiger partial charge in [0.05, 0.1) is 0 Å². The molecule has 0 saturated heterocycles. The maximum absolute atomic E-state index is 12.4. The molecule has 3 atom stereocenters. The summed E-state index contributed by atoms with van der Waals surface area (Å²) in [5.41, 5.74) is 8.91. The van der Waals surface area contributed by atoms with Crippen molar-refractivity contribution in [2.75, 3.05) is 6.54 Å². The van der Waals surface area contributed by atoms with E-state index in [0.717, 1.165) is 38.6 Å². The average molecular weight is 286 g/mol. The van der Waals surface area contributed by atoms with Gasteiger partial charge in [0.2, 0.25) is 5.91 Å². The SMILES string of the molecule is NC1CCCCC1CNC(=O)C1CCc2ccccc2C1. The Morgan fingerprint density at radius 2 is 1.90 bits per heavy atom. The second-order valence-electron chi connectivity index (χ2n) is 6.66. The maximum Gasteiger partial charge on any atom is 0.223 e. The summed E-state index contributed by atoms with van der Waals surface area (Å²) in [4.78, 5) is 12.4. The number of carbonyl (C=O) groups excluding carboxylic acids is 1. The minimum Gasteiger partial charge on any atom is -0.356 e. The van der Waals surface area contributed by atoms with Crippen LogP contribution in [0.15, 0.2) is 24.3 Å². The molecule has 2 aliphatic rings. The van der Waals surface area contributed by atoms with Gasteiger partial charge in [-0.05, 0) is 49.1 Å². The van der Waals surface area contributed by atoms with Crippen molar-refractivity contribution in [2.45, 2.75) is 51.0 Å². The van der Waals surface area contributed by atoms with E-state index in [1.54, 1.807) is 0 Å². The molecule has 3 N–H and O–H groups in total. The highest BCUT2D eigenvalue weighted by Gasteiger charge is 2.26. The summed E-state index contributed by atoms with van der Waals surface area (Å²) >= 11 is 0. The third-order valence-electron chi connectivity index (χ3n) is 5.22. The van der Waals surface area contributed by atoms with E-state index in [4.69, 9.17) is 5.73 Å². The minimum absolute atomic E-state index is 0.139. The third-order valence-corrected chi connectivity index (χ3v) is 5.22. The fourth-order valence-corrected chi connectivity index (χ4v) is 3.79. The van der Waals surface area contributed by atoms with Gasteiger partial charge in [0.15, 0.2) is 0 Å². The number of aryl methyl sites for hydroxylation is 1. The molecule has 114 valence electrons. The molecule has 1 aromatic carbocycles. The number of amides is 1. The first-order valence-electron chi connectivity index (χ1n) is 8.34. The van der Waals surface area contributed by atoms with Gasteiger partial charge >= 0.3 is 0 Å². The number of nitrogens with one attached hydrogen (secondary N) is 1. The largest absolute Gasteiger partial charge is 0.356 e. The van der Waals surface area contributed by atoms with Crippen molar-refractivity contribution < 1.29 is 4.79 Å². The average Bonchev–Trinajstić information content (AvgIpc) is 2.53. The van der Waals surface area contributed by atoms with Gasteiger partial charge < -0.3 is 11.1 Å². The molecule has 0 radical (unpaired) electrons. The summed E-state index contributed by atoms with van der Waals surface area (Å²) in [5.74, 6) is 0.834. The van der Waals surface area contributed by atoms with E-state index in [9.17, 15) is 4.79 Å². The second kappa shape index (κ2) is 6.61. The van der Waals surface area contributed by atoms with Gasteiger partial charge in [-0.1, -0.05) is 37.1 Å². The first-order chi connectivity index (χ1) is 10.2. The van der Waals surface area contributed by atoms with Gasteiger partial charge in [-0.2, -0.15) is 0 Å². The maximum atomic E-state index is 12.4. The Kier molecular flexibility index (Phi) is 4.59. The first kappa shape index (κ1) is 14.6. The van der Waals surface area contributed by atoms with Crippen LogP contribution < -0.4 is 11.1 Å². The summed E-state index contributed by atoms with van der Waals surface area (Å²) < 4.78 is 0. The lowest BCUT2D eigenvalue weighted by Gasteiger charge is -2.30. The van der Waals surface area contributed by atoms with Gasteiger partial charge in [-0.3, -0.25) is 4.79 Å². The lowest BCUT2D eigenvalue weighted by atomic mass is 9.82. The normalized spacial score (nSPS) is 28.7. The standard InChI is InChI=1S/C18H26N2O/c19-17-8-4-3-7-16(17)12-20-18(21)15-10-9-13-5-1-2-6-14(13)11-15/h1-2,5-6,15-17H,3-4,7-12,19H2,(H,20,21). The van der Waals surface area contributed by atoms with Crippen LogP contribution >= 0.6 is 0 Å². The van der Waals surface area contributed by atoms with E-state index in [1.807, 2.05) is 0 Å². The van der Waals surface area contributed by atoms with Crippen LogP contribution in [0, 0.1) is 11.8 Å². The van der Waals surface area contributed by atoms with Crippen molar-refractivity contribution in [1.29, 1.82) is 0 Å². The minimum atomic E-state index is 0.139. The molecule has 1 fully saturated rings. The highest BCUT2D eigenvalue weighted by molar-refractivity contribution is 5.79. The van der Waals surface area contributed by atoms with E-state index in [0.29, 0.717) is 5.92 Å². The smallest absolute Gasteiger partial charge is 0.223 e. The fraction of sp³-hybridized carbons (Fsp3) is 0.611. The van der Waals surface area contributed by atoms with Gasteiger partial charge in [0.25, 0.3) is 0 Å². The molecule has 1 saturated carbocycles. The summed E-state index contributed by atoms with van der Waals surface area (Å²) in [7, 11) is 0. The highest BCUT2D eigenvalue weighted by Crippen LogP contribution is 2.26. The molecule has 0 aromatic heterocycles. The van der Waals surface area contributed by atoms with Crippen LogP contribution in [0.2, 0.25) is 0 Å².